The highest BCUT2D eigenvalue weighted by Crippen LogP contribution is 2.22. The van der Waals surface area contributed by atoms with Gasteiger partial charge in [-0.25, -0.2) is 10.2 Å². The molecule has 0 atom stereocenters. The second kappa shape index (κ2) is 10.9. The second-order valence-corrected chi connectivity index (χ2v) is 7.22. The number of halogens is 1. The van der Waals surface area contributed by atoms with Crippen LogP contribution in [0.4, 0.5) is 0 Å². The number of hydrazone groups is 1. The molecule has 0 aromatic heterocycles. The van der Waals surface area contributed by atoms with E-state index in [4.69, 9.17) is 4.74 Å². The quantitative estimate of drug-likeness (QED) is 0.181. The van der Waals surface area contributed by atoms with E-state index in [0.717, 1.165) is 15.6 Å². The van der Waals surface area contributed by atoms with Gasteiger partial charge < -0.3 is 4.74 Å². The number of hydrogen-bond acceptors (Lipinski definition) is 4. The lowest BCUT2D eigenvalue weighted by Crippen LogP contribution is -2.19. The number of nitrogens with zero attached hydrogens (tertiary/aromatic N) is 1. The highest BCUT2D eigenvalue weighted by atomic mass is 79.9. The minimum atomic E-state index is -0.510. The van der Waals surface area contributed by atoms with Crippen LogP contribution in [0.25, 0.3) is 6.08 Å². The number of amides is 1. The van der Waals surface area contributed by atoms with Crippen LogP contribution in [-0.2, 0) is 16.0 Å². The molecule has 0 heterocycles. The van der Waals surface area contributed by atoms with Crippen molar-refractivity contribution in [1.29, 1.82) is 0 Å². The Hall–Kier alpha value is -3.51. The highest BCUT2D eigenvalue weighted by Gasteiger charge is 2.07. The maximum atomic E-state index is 12.2. The third-order valence-electron chi connectivity index (χ3n) is 3.99. The molecular weight excluding hydrogens is 444 g/mol. The third-order valence-corrected chi connectivity index (χ3v) is 4.49. The molecule has 0 spiro atoms. The molecular formula is C24H19BrN2O3. The van der Waals surface area contributed by atoms with Gasteiger partial charge in [-0.05, 0) is 35.4 Å². The van der Waals surface area contributed by atoms with Gasteiger partial charge in [0, 0.05) is 16.1 Å². The molecule has 30 heavy (non-hydrogen) atoms. The zero-order chi connectivity index (χ0) is 21.2. The van der Waals surface area contributed by atoms with Crippen molar-refractivity contribution in [2.24, 2.45) is 5.10 Å². The van der Waals surface area contributed by atoms with Crippen molar-refractivity contribution < 1.29 is 14.3 Å². The number of carbonyl (C=O) groups is 2. The Balaban J connectivity index is 1.63. The van der Waals surface area contributed by atoms with E-state index in [1.807, 2.05) is 60.7 Å². The first-order chi connectivity index (χ1) is 14.6. The van der Waals surface area contributed by atoms with Gasteiger partial charge in [-0.1, -0.05) is 76.6 Å². The van der Waals surface area contributed by atoms with Gasteiger partial charge in [0.05, 0.1) is 12.6 Å². The minimum Gasteiger partial charge on any atom is -0.423 e. The van der Waals surface area contributed by atoms with Crippen LogP contribution < -0.4 is 10.2 Å². The number of hydrogen-bond donors (Lipinski definition) is 1. The van der Waals surface area contributed by atoms with Crippen molar-refractivity contribution in [1.82, 2.24) is 5.43 Å². The maximum Gasteiger partial charge on any atom is 0.336 e. The second-order valence-electron chi connectivity index (χ2n) is 6.30. The molecule has 0 fully saturated rings. The number of ether oxygens (including phenoxy) is 1. The van der Waals surface area contributed by atoms with E-state index in [9.17, 15) is 9.59 Å². The SMILES string of the molecule is O=C(Cc1ccccc1)N/N=C/c1cc(Br)ccc1OC(=O)/C=C/c1ccccc1. The predicted molar refractivity (Wildman–Crippen MR) is 121 cm³/mol. The predicted octanol–water partition coefficient (Wildman–Crippen LogP) is 4.76. The average molecular weight is 463 g/mol. The molecule has 1 N–H and O–H groups in total. The van der Waals surface area contributed by atoms with Gasteiger partial charge in [-0.3, -0.25) is 4.79 Å². The Kier molecular flexibility index (Phi) is 7.69. The van der Waals surface area contributed by atoms with Crippen molar-refractivity contribution in [3.8, 4) is 5.75 Å². The van der Waals surface area contributed by atoms with Crippen LogP contribution in [0, 0.1) is 0 Å². The van der Waals surface area contributed by atoms with E-state index in [1.165, 1.54) is 12.3 Å². The lowest BCUT2D eigenvalue weighted by atomic mass is 10.1. The van der Waals surface area contributed by atoms with E-state index in [-0.39, 0.29) is 12.3 Å². The molecule has 0 aliphatic heterocycles. The molecule has 1 amide bonds. The number of rotatable bonds is 7. The summed E-state index contributed by atoms with van der Waals surface area (Å²) in [4.78, 5) is 24.2. The Morgan fingerprint density at radius 1 is 0.967 bits per heavy atom. The first kappa shape index (κ1) is 21.2. The van der Waals surface area contributed by atoms with Gasteiger partial charge in [0.1, 0.15) is 5.75 Å². The van der Waals surface area contributed by atoms with E-state index in [1.54, 1.807) is 24.3 Å². The summed E-state index contributed by atoms with van der Waals surface area (Å²) in [7, 11) is 0. The molecule has 5 nitrogen and oxygen atoms in total. The van der Waals surface area contributed by atoms with Crippen molar-refractivity contribution in [3.63, 3.8) is 0 Å². The van der Waals surface area contributed by atoms with Gasteiger partial charge in [0.15, 0.2) is 0 Å². The summed E-state index contributed by atoms with van der Waals surface area (Å²) in [6, 6.07) is 24.0. The molecule has 0 saturated heterocycles. The molecule has 0 saturated carbocycles. The fourth-order valence-corrected chi connectivity index (χ4v) is 2.96. The molecule has 6 heteroatoms. The van der Waals surface area contributed by atoms with E-state index < -0.39 is 5.97 Å². The maximum absolute atomic E-state index is 12.2. The molecule has 0 bridgehead atoms. The fourth-order valence-electron chi connectivity index (χ4n) is 2.58. The Morgan fingerprint density at radius 2 is 1.67 bits per heavy atom. The molecule has 0 unspecified atom stereocenters. The van der Waals surface area contributed by atoms with Gasteiger partial charge in [0.25, 0.3) is 0 Å². The van der Waals surface area contributed by atoms with Crippen molar-refractivity contribution in [2.75, 3.05) is 0 Å². The Bertz CT molecular complexity index is 1060. The average Bonchev–Trinajstić information content (AvgIpc) is 2.75. The van der Waals surface area contributed by atoms with Crippen LogP contribution in [0.5, 0.6) is 5.75 Å². The van der Waals surface area contributed by atoms with Gasteiger partial charge >= 0.3 is 5.97 Å². The first-order valence-electron chi connectivity index (χ1n) is 9.20. The van der Waals surface area contributed by atoms with Crippen LogP contribution >= 0.6 is 15.9 Å². The number of nitrogens with one attached hydrogen (secondary N) is 1. The Morgan fingerprint density at radius 3 is 2.40 bits per heavy atom. The zero-order valence-electron chi connectivity index (χ0n) is 16.0. The minimum absolute atomic E-state index is 0.225. The van der Waals surface area contributed by atoms with Crippen LogP contribution in [0.2, 0.25) is 0 Å². The van der Waals surface area contributed by atoms with E-state index in [0.29, 0.717) is 11.3 Å². The summed E-state index contributed by atoms with van der Waals surface area (Å²) in [5.41, 5.74) is 4.83. The van der Waals surface area contributed by atoms with Gasteiger partial charge in [-0.2, -0.15) is 5.10 Å². The largest absolute Gasteiger partial charge is 0.423 e. The fraction of sp³-hybridized carbons (Fsp3) is 0.0417. The summed E-state index contributed by atoms with van der Waals surface area (Å²) < 4.78 is 6.22. The highest BCUT2D eigenvalue weighted by molar-refractivity contribution is 9.10. The van der Waals surface area contributed by atoms with Crippen LogP contribution in [0.3, 0.4) is 0 Å². The van der Waals surface area contributed by atoms with Crippen LogP contribution in [0.15, 0.2) is 94.5 Å². The first-order valence-corrected chi connectivity index (χ1v) is 10.00. The monoisotopic (exact) mass is 462 g/mol. The molecule has 0 radical (unpaired) electrons. The number of carbonyl (C=O) groups excluding carboxylic acids is 2. The molecule has 3 aromatic rings. The number of benzene rings is 3. The number of esters is 1. The van der Waals surface area contributed by atoms with E-state index >= 15 is 0 Å². The van der Waals surface area contributed by atoms with E-state index in [2.05, 4.69) is 26.5 Å². The summed E-state index contributed by atoms with van der Waals surface area (Å²) in [6.07, 6.45) is 4.71. The lowest BCUT2D eigenvalue weighted by Gasteiger charge is -2.06. The van der Waals surface area contributed by atoms with Crippen molar-refractivity contribution in [2.45, 2.75) is 6.42 Å². The third kappa shape index (κ3) is 6.83. The molecule has 150 valence electrons. The van der Waals surface area contributed by atoms with Crippen molar-refractivity contribution >= 4 is 40.1 Å². The summed E-state index contributed by atoms with van der Waals surface area (Å²) in [5, 5.41) is 3.99. The molecule has 3 rings (SSSR count). The molecule has 0 aliphatic carbocycles. The molecule has 0 aliphatic rings. The lowest BCUT2D eigenvalue weighted by molar-refractivity contribution is -0.129. The zero-order valence-corrected chi connectivity index (χ0v) is 17.6. The summed E-state index contributed by atoms with van der Waals surface area (Å²) >= 11 is 3.39. The smallest absolute Gasteiger partial charge is 0.336 e. The van der Waals surface area contributed by atoms with Gasteiger partial charge in [0.2, 0.25) is 5.91 Å². The Labute approximate surface area is 183 Å². The van der Waals surface area contributed by atoms with Crippen LogP contribution in [0.1, 0.15) is 16.7 Å². The van der Waals surface area contributed by atoms with Gasteiger partial charge in [-0.15, -0.1) is 0 Å². The summed E-state index contributed by atoms with van der Waals surface area (Å²) in [5.74, 6) is -0.414. The van der Waals surface area contributed by atoms with Crippen LogP contribution in [-0.4, -0.2) is 18.1 Å². The normalized spacial score (nSPS) is 11.0. The summed E-state index contributed by atoms with van der Waals surface area (Å²) in [6.45, 7) is 0. The standard InChI is InChI=1S/C24H19BrN2O3/c25-21-12-13-22(30-24(29)14-11-18-7-3-1-4-8-18)20(16-21)17-26-27-23(28)15-19-9-5-2-6-10-19/h1-14,16-17H,15H2,(H,27,28)/b14-11+,26-17+. The molecule has 3 aromatic carbocycles. The topological polar surface area (TPSA) is 67.8 Å². The van der Waals surface area contributed by atoms with Crippen molar-refractivity contribution in [3.05, 3.63) is 106 Å².